The highest BCUT2D eigenvalue weighted by atomic mass is 32.2. The number of sulfonamides is 1. The Kier molecular flexibility index (Phi) is 9.97. The second-order valence-electron chi connectivity index (χ2n) is 10.3. The number of aliphatic hydroxyl groups is 1. The fourth-order valence-corrected chi connectivity index (χ4v) is 6.62. The van der Waals surface area contributed by atoms with Crippen molar-refractivity contribution in [2.45, 2.75) is 36.6 Å². The number of likely N-dealkylation sites (N-methyl/N-ethyl adjacent to an activating group) is 1. The summed E-state index contributed by atoms with van der Waals surface area (Å²) in [7, 11) is -0.571. The monoisotopic (exact) mass is 616 g/mol. The van der Waals surface area contributed by atoms with E-state index in [0.29, 0.717) is 35.0 Å². The molecule has 1 aliphatic heterocycles. The fourth-order valence-electron chi connectivity index (χ4n) is 4.58. The number of hydrogen-bond acceptors (Lipinski definition) is 8. The van der Waals surface area contributed by atoms with E-state index in [0.717, 1.165) is 11.3 Å². The highest BCUT2D eigenvalue weighted by Gasteiger charge is 2.32. The van der Waals surface area contributed by atoms with Gasteiger partial charge in [-0.2, -0.15) is 0 Å². The molecule has 0 aliphatic carbocycles. The molecule has 3 N–H and O–H groups in total. The molecule has 1 aromatic heterocycles. The third kappa shape index (κ3) is 7.52. The molecule has 226 valence electrons. The van der Waals surface area contributed by atoms with Crippen LogP contribution in [0.15, 0.2) is 64.2 Å². The normalized spacial score (nSPS) is 18.0. The van der Waals surface area contributed by atoms with Crippen LogP contribution >= 0.6 is 11.3 Å². The number of anilines is 2. The van der Waals surface area contributed by atoms with Crippen LogP contribution in [0.5, 0.6) is 11.5 Å². The summed E-state index contributed by atoms with van der Waals surface area (Å²) >= 11 is 1.10. The Hall–Kier alpha value is -3.81. The van der Waals surface area contributed by atoms with Crippen LogP contribution in [0.3, 0.4) is 0 Å². The largest absolute Gasteiger partial charge is 0.497 e. The molecule has 0 unspecified atom stereocenters. The Balaban J connectivity index is 1.59. The number of hydrogen-bond donors (Lipinski definition) is 3. The molecule has 0 saturated heterocycles. The molecule has 0 fully saturated rings. The van der Waals surface area contributed by atoms with Crippen molar-refractivity contribution in [3.05, 3.63) is 65.5 Å². The number of thiophene rings is 1. The van der Waals surface area contributed by atoms with Crippen LogP contribution in [-0.2, 0) is 21.2 Å². The number of benzene rings is 2. The van der Waals surface area contributed by atoms with Gasteiger partial charge in [0, 0.05) is 36.4 Å². The van der Waals surface area contributed by atoms with E-state index in [-0.39, 0.29) is 41.6 Å². The minimum atomic E-state index is -3.80. The zero-order chi connectivity index (χ0) is 30.4. The first-order valence-electron chi connectivity index (χ1n) is 13.4. The molecule has 2 aromatic carbocycles. The first kappa shape index (κ1) is 31.1. The quantitative estimate of drug-likeness (QED) is 0.332. The van der Waals surface area contributed by atoms with Gasteiger partial charge in [0.2, 0.25) is 5.91 Å². The van der Waals surface area contributed by atoms with E-state index < -0.39 is 22.2 Å². The molecule has 3 amide bonds. The predicted molar refractivity (Wildman–Crippen MR) is 162 cm³/mol. The Morgan fingerprint density at radius 1 is 1.21 bits per heavy atom. The minimum Gasteiger partial charge on any atom is -0.497 e. The number of fused-ring (bicyclic) bond motifs is 1. The third-order valence-electron chi connectivity index (χ3n) is 7.07. The van der Waals surface area contributed by atoms with Crippen molar-refractivity contribution in [2.24, 2.45) is 5.92 Å². The van der Waals surface area contributed by atoms with Crippen LogP contribution in [0.1, 0.15) is 19.4 Å². The summed E-state index contributed by atoms with van der Waals surface area (Å²) in [5, 5.41) is 14.4. The maximum absolute atomic E-state index is 13.4. The van der Waals surface area contributed by atoms with E-state index in [9.17, 15) is 23.1 Å². The standard InChI is InChI=1S/C29H36N4O7S2/c1-19-16-33(20(2)18-34)27(35)15-21-14-23(31-42(37,38)28-6-5-13-41-28)9-12-25(21)40-26(19)17-32(3)29(36)30-22-7-10-24(39-4)11-8-22/h5-14,19-20,26,31,34H,15-18H2,1-4H3,(H,30,36)/t19-,20-,26+/m0/s1. The highest BCUT2D eigenvalue weighted by molar-refractivity contribution is 7.94. The summed E-state index contributed by atoms with van der Waals surface area (Å²) in [6, 6.07) is 14.2. The van der Waals surface area contributed by atoms with Crippen LogP contribution < -0.4 is 19.5 Å². The molecule has 3 aromatic rings. The molecule has 0 saturated carbocycles. The number of urea groups is 1. The van der Waals surface area contributed by atoms with Crippen molar-refractivity contribution in [2.75, 3.05) is 43.9 Å². The lowest BCUT2D eigenvalue weighted by atomic mass is 10.0. The van der Waals surface area contributed by atoms with Gasteiger partial charge in [-0.25, -0.2) is 13.2 Å². The Labute approximate surface area is 250 Å². The number of carbonyl (C=O) groups is 2. The zero-order valence-corrected chi connectivity index (χ0v) is 25.6. The van der Waals surface area contributed by atoms with Crippen molar-refractivity contribution in [3.63, 3.8) is 0 Å². The lowest BCUT2D eigenvalue weighted by Gasteiger charge is -2.34. The van der Waals surface area contributed by atoms with Gasteiger partial charge in [-0.15, -0.1) is 11.3 Å². The van der Waals surface area contributed by atoms with Crippen molar-refractivity contribution < 1.29 is 32.6 Å². The third-order valence-corrected chi connectivity index (χ3v) is 9.85. The SMILES string of the molecule is COc1ccc(NC(=O)N(C)C[C@H]2Oc3ccc(NS(=O)(=O)c4cccs4)cc3CC(=O)N([C@@H](C)CO)C[C@@H]2C)cc1. The minimum absolute atomic E-state index is 0.0541. The zero-order valence-electron chi connectivity index (χ0n) is 23.9. The summed E-state index contributed by atoms with van der Waals surface area (Å²) in [6.07, 6.45) is -0.579. The number of carbonyl (C=O) groups excluding carboxylic acids is 2. The average Bonchev–Trinajstić information content (AvgIpc) is 3.53. The molecule has 3 atom stereocenters. The number of amides is 3. The first-order valence-corrected chi connectivity index (χ1v) is 15.8. The van der Waals surface area contributed by atoms with Gasteiger partial charge in [0.05, 0.1) is 32.7 Å². The highest BCUT2D eigenvalue weighted by Crippen LogP contribution is 2.30. The Morgan fingerprint density at radius 3 is 2.57 bits per heavy atom. The second-order valence-corrected chi connectivity index (χ2v) is 13.1. The summed E-state index contributed by atoms with van der Waals surface area (Å²) in [4.78, 5) is 29.6. The topological polar surface area (TPSA) is 138 Å². The van der Waals surface area contributed by atoms with Crippen LogP contribution in [0, 0.1) is 5.92 Å². The molecule has 42 heavy (non-hydrogen) atoms. The predicted octanol–water partition coefficient (Wildman–Crippen LogP) is 3.87. The second kappa shape index (κ2) is 13.4. The van der Waals surface area contributed by atoms with Crippen LogP contribution in [-0.4, -0.2) is 81.3 Å². The van der Waals surface area contributed by atoms with Crippen LogP contribution in [0.2, 0.25) is 0 Å². The van der Waals surface area contributed by atoms with E-state index in [2.05, 4.69) is 10.0 Å². The van der Waals surface area contributed by atoms with Gasteiger partial charge in [0.25, 0.3) is 10.0 Å². The maximum atomic E-state index is 13.4. The lowest BCUT2D eigenvalue weighted by Crippen LogP contribution is -2.48. The van der Waals surface area contributed by atoms with Gasteiger partial charge in [-0.3, -0.25) is 9.52 Å². The van der Waals surface area contributed by atoms with Gasteiger partial charge in [-0.1, -0.05) is 13.0 Å². The molecule has 1 aliphatic rings. The number of nitrogens with zero attached hydrogens (tertiary/aromatic N) is 2. The van der Waals surface area contributed by atoms with Crippen molar-refractivity contribution in [1.29, 1.82) is 0 Å². The van der Waals surface area contributed by atoms with Crippen LogP contribution in [0.25, 0.3) is 0 Å². The van der Waals surface area contributed by atoms with Gasteiger partial charge in [0.15, 0.2) is 0 Å². The number of methoxy groups -OCH3 is 1. The molecule has 0 spiro atoms. The fraction of sp³-hybridized carbons (Fsp3) is 0.379. The smallest absolute Gasteiger partial charge is 0.321 e. The van der Waals surface area contributed by atoms with E-state index in [4.69, 9.17) is 9.47 Å². The van der Waals surface area contributed by atoms with E-state index in [1.54, 1.807) is 79.9 Å². The van der Waals surface area contributed by atoms with E-state index in [1.807, 2.05) is 6.92 Å². The molecular formula is C29H36N4O7S2. The molecule has 0 bridgehead atoms. The summed E-state index contributed by atoms with van der Waals surface area (Å²) in [5.74, 6) is 0.646. The average molecular weight is 617 g/mol. The number of nitrogens with one attached hydrogen (secondary N) is 2. The van der Waals surface area contributed by atoms with Gasteiger partial charge in [0.1, 0.15) is 21.8 Å². The number of rotatable bonds is 9. The number of aliphatic hydroxyl groups excluding tert-OH is 1. The Bertz CT molecular complexity index is 1480. The van der Waals surface area contributed by atoms with Gasteiger partial charge >= 0.3 is 6.03 Å². The summed E-state index contributed by atoms with van der Waals surface area (Å²) < 4.78 is 40.0. The molecule has 11 nitrogen and oxygen atoms in total. The summed E-state index contributed by atoms with van der Waals surface area (Å²) in [6.45, 7) is 3.97. The molecule has 0 radical (unpaired) electrons. The van der Waals surface area contributed by atoms with E-state index in [1.165, 1.54) is 11.0 Å². The summed E-state index contributed by atoms with van der Waals surface area (Å²) in [5.41, 5.74) is 1.39. The van der Waals surface area contributed by atoms with Crippen molar-refractivity contribution in [1.82, 2.24) is 9.80 Å². The van der Waals surface area contributed by atoms with Crippen molar-refractivity contribution in [3.8, 4) is 11.5 Å². The van der Waals surface area contributed by atoms with Gasteiger partial charge in [-0.05, 0) is 60.8 Å². The first-order chi connectivity index (χ1) is 20.0. The number of ether oxygens (including phenoxy) is 2. The molecule has 4 rings (SSSR count). The maximum Gasteiger partial charge on any atom is 0.321 e. The van der Waals surface area contributed by atoms with Gasteiger partial charge < -0.3 is 29.7 Å². The Morgan fingerprint density at radius 2 is 1.93 bits per heavy atom. The lowest BCUT2D eigenvalue weighted by molar-refractivity contribution is -0.134. The van der Waals surface area contributed by atoms with Crippen molar-refractivity contribution >= 4 is 44.7 Å². The molecular weight excluding hydrogens is 580 g/mol. The molecule has 2 heterocycles. The van der Waals surface area contributed by atoms with E-state index >= 15 is 0 Å². The molecule has 13 heteroatoms. The van der Waals surface area contributed by atoms with Crippen LogP contribution in [0.4, 0.5) is 16.2 Å².